The number of carbonyl (C=O) groups excluding carboxylic acids is 1. The molecule has 1 aliphatic rings. The van der Waals surface area contributed by atoms with Gasteiger partial charge in [0, 0.05) is 50.0 Å². The molecule has 1 saturated heterocycles. The first kappa shape index (κ1) is 16.3. The van der Waals surface area contributed by atoms with Crippen molar-refractivity contribution in [1.29, 1.82) is 0 Å². The van der Waals surface area contributed by atoms with Crippen LogP contribution in [0.2, 0.25) is 0 Å². The Labute approximate surface area is 151 Å². The molecule has 0 bridgehead atoms. The van der Waals surface area contributed by atoms with Crippen LogP contribution in [0.4, 0.5) is 5.82 Å². The molecule has 1 aliphatic heterocycles. The maximum atomic E-state index is 12.4. The fourth-order valence-electron chi connectivity index (χ4n) is 3.03. The minimum atomic E-state index is -0.141. The van der Waals surface area contributed by atoms with E-state index in [0.717, 1.165) is 24.5 Å². The molecule has 0 spiro atoms. The topological polar surface area (TPSA) is 75.9 Å². The summed E-state index contributed by atoms with van der Waals surface area (Å²) < 4.78 is 1.76. The largest absolute Gasteiger partial charge is 0.357 e. The molecule has 0 atom stereocenters. The smallest absolute Gasteiger partial charge is 0.251 e. The normalized spacial score (nSPS) is 13.8. The van der Waals surface area contributed by atoms with Gasteiger partial charge >= 0.3 is 0 Å². The monoisotopic (exact) mass is 348 g/mol. The number of imidazole rings is 1. The van der Waals surface area contributed by atoms with E-state index in [4.69, 9.17) is 0 Å². The third-order valence-corrected chi connectivity index (χ3v) is 4.47. The second kappa shape index (κ2) is 7.35. The lowest BCUT2D eigenvalue weighted by molar-refractivity contribution is 0.0950. The molecule has 26 heavy (non-hydrogen) atoms. The molecule has 0 radical (unpaired) electrons. The number of nitrogens with one attached hydrogen (secondary N) is 1. The first-order valence-corrected chi connectivity index (χ1v) is 8.72. The predicted molar refractivity (Wildman–Crippen MR) is 98.2 cm³/mol. The van der Waals surface area contributed by atoms with E-state index in [1.54, 1.807) is 41.6 Å². The molecule has 4 rings (SSSR count). The Morgan fingerprint density at radius 2 is 1.96 bits per heavy atom. The van der Waals surface area contributed by atoms with Crippen molar-refractivity contribution >= 4 is 11.7 Å². The number of anilines is 1. The molecule has 1 fully saturated rings. The molecule has 0 saturated carbocycles. The van der Waals surface area contributed by atoms with Crippen molar-refractivity contribution in [3.63, 3.8) is 0 Å². The second-order valence-electron chi connectivity index (χ2n) is 6.27. The molecule has 7 heteroatoms. The fourth-order valence-corrected chi connectivity index (χ4v) is 3.03. The third kappa shape index (κ3) is 3.56. The lowest BCUT2D eigenvalue weighted by Gasteiger charge is -2.16. The zero-order chi connectivity index (χ0) is 17.8. The molecule has 7 nitrogen and oxygen atoms in total. The van der Waals surface area contributed by atoms with Crippen molar-refractivity contribution in [2.24, 2.45) is 0 Å². The number of nitrogens with zero attached hydrogens (tertiary/aromatic N) is 5. The maximum absolute atomic E-state index is 12.4. The van der Waals surface area contributed by atoms with Crippen molar-refractivity contribution in [2.75, 3.05) is 18.0 Å². The number of carbonyl (C=O) groups is 1. The number of pyridine rings is 2. The van der Waals surface area contributed by atoms with Crippen molar-refractivity contribution in [3.05, 3.63) is 66.5 Å². The van der Waals surface area contributed by atoms with E-state index in [-0.39, 0.29) is 5.91 Å². The molecule has 0 unspecified atom stereocenters. The number of aromatic nitrogens is 4. The first-order chi connectivity index (χ1) is 12.8. The SMILES string of the molecule is O=C(NCc1ccc(N2CCCC2)nc1)c1ccnc(-n2ccnc2)c1. The van der Waals surface area contributed by atoms with Crippen molar-refractivity contribution < 1.29 is 4.79 Å². The van der Waals surface area contributed by atoms with Crippen LogP contribution in [0.15, 0.2) is 55.4 Å². The second-order valence-corrected chi connectivity index (χ2v) is 6.27. The average Bonchev–Trinajstić information content (AvgIpc) is 3.40. The van der Waals surface area contributed by atoms with Crippen molar-refractivity contribution in [1.82, 2.24) is 24.8 Å². The quantitative estimate of drug-likeness (QED) is 0.765. The molecular weight excluding hydrogens is 328 g/mol. The van der Waals surface area contributed by atoms with E-state index in [1.807, 2.05) is 18.3 Å². The Morgan fingerprint density at radius 1 is 1.08 bits per heavy atom. The molecule has 1 amide bonds. The van der Waals surface area contributed by atoms with Gasteiger partial charge in [0.25, 0.3) is 5.91 Å². The number of hydrogen-bond acceptors (Lipinski definition) is 5. The summed E-state index contributed by atoms with van der Waals surface area (Å²) in [5.74, 6) is 1.53. The zero-order valence-electron chi connectivity index (χ0n) is 14.4. The highest BCUT2D eigenvalue weighted by Gasteiger charge is 2.13. The summed E-state index contributed by atoms with van der Waals surface area (Å²) in [7, 11) is 0. The molecule has 3 aromatic heterocycles. The number of rotatable bonds is 5. The minimum absolute atomic E-state index is 0.141. The number of amides is 1. The van der Waals surface area contributed by atoms with Crippen LogP contribution < -0.4 is 10.2 Å². The van der Waals surface area contributed by atoms with E-state index in [9.17, 15) is 4.79 Å². The van der Waals surface area contributed by atoms with Crippen LogP contribution in [0.5, 0.6) is 0 Å². The van der Waals surface area contributed by atoms with Gasteiger partial charge in [-0.1, -0.05) is 6.07 Å². The molecular formula is C19H20N6O. The molecule has 4 heterocycles. The fraction of sp³-hybridized carbons (Fsp3) is 0.263. The van der Waals surface area contributed by atoms with Gasteiger partial charge in [-0.3, -0.25) is 9.36 Å². The van der Waals surface area contributed by atoms with Crippen LogP contribution in [-0.2, 0) is 6.54 Å². The highest BCUT2D eigenvalue weighted by atomic mass is 16.1. The lowest BCUT2D eigenvalue weighted by Crippen LogP contribution is -2.23. The summed E-state index contributed by atoms with van der Waals surface area (Å²) in [5.41, 5.74) is 1.54. The van der Waals surface area contributed by atoms with Gasteiger partial charge in [-0.25, -0.2) is 15.0 Å². The summed E-state index contributed by atoms with van der Waals surface area (Å²) >= 11 is 0. The van der Waals surface area contributed by atoms with Gasteiger partial charge in [-0.05, 0) is 36.6 Å². The van der Waals surface area contributed by atoms with Crippen LogP contribution >= 0.6 is 0 Å². The Morgan fingerprint density at radius 3 is 2.69 bits per heavy atom. The van der Waals surface area contributed by atoms with Crippen LogP contribution in [0.25, 0.3) is 5.82 Å². The van der Waals surface area contributed by atoms with Crippen molar-refractivity contribution in [2.45, 2.75) is 19.4 Å². The van der Waals surface area contributed by atoms with E-state index >= 15 is 0 Å². The van der Waals surface area contributed by atoms with Gasteiger partial charge in [-0.15, -0.1) is 0 Å². The Hall–Kier alpha value is -3.22. The predicted octanol–water partition coefficient (Wildman–Crippen LogP) is 2.19. The summed E-state index contributed by atoms with van der Waals surface area (Å²) in [4.78, 5) is 27.5. The summed E-state index contributed by atoms with van der Waals surface area (Å²) in [6.45, 7) is 2.59. The minimum Gasteiger partial charge on any atom is -0.357 e. The molecule has 0 aliphatic carbocycles. The van der Waals surface area contributed by atoms with Crippen LogP contribution in [0.3, 0.4) is 0 Å². The Balaban J connectivity index is 1.38. The first-order valence-electron chi connectivity index (χ1n) is 8.72. The zero-order valence-corrected chi connectivity index (χ0v) is 14.4. The third-order valence-electron chi connectivity index (χ3n) is 4.47. The van der Waals surface area contributed by atoms with Gasteiger partial charge in [0.15, 0.2) is 0 Å². The number of hydrogen-bond donors (Lipinski definition) is 1. The Kier molecular flexibility index (Phi) is 4.59. The standard InChI is InChI=1S/C19H20N6O/c26-19(16-5-6-21-18(11-16)25-10-7-20-14-25)23-13-15-3-4-17(22-12-15)24-8-1-2-9-24/h3-7,10-12,14H,1-2,8-9,13H2,(H,23,26). The summed E-state index contributed by atoms with van der Waals surface area (Å²) in [6.07, 6.45) is 11.0. The van der Waals surface area contributed by atoms with Gasteiger partial charge in [0.05, 0.1) is 0 Å². The van der Waals surface area contributed by atoms with Crippen LogP contribution in [0, 0.1) is 0 Å². The van der Waals surface area contributed by atoms with E-state index in [1.165, 1.54) is 12.8 Å². The maximum Gasteiger partial charge on any atom is 0.251 e. The van der Waals surface area contributed by atoms with E-state index < -0.39 is 0 Å². The molecule has 1 N–H and O–H groups in total. The van der Waals surface area contributed by atoms with E-state index in [2.05, 4.69) is 25.2 Å². The van der Waals surface area contributed by atoms with Gasteiger partial charge in [-0.2, -0.15) is 0 Å². The lowest BCUT2D eigenvalue weighted by atomic mass is 10.2. The van der Waals surface area contributed by atoms with Gasteiger partial charge < -0.3 is 10.2 Å². The average molecular weight is 348 g/mol. The van der Waals surface area contributed by atoms with Crippen LogP contribution in [-0.4, -0.2) is 38.5 Å². The summed E-state index contributed by atoms with van der Waals surface area (Å²) in [6, 6.07) is 7.48. The molecule has 0 aromatic carbocycles. The highest BCUT2D eigenvalue weighted by molar-refractivity contribution is 5.94. The van der Waals surface area contributed by atoms with Gasteiger partial charge in [0.1, 0.15) is 18.0 Å². The van der Waals surface area contributed by atoms with E-state index in [0.29, 0.717) is 17.9 Å². The summed E-state index contributed by atoms with van der Waals surface area (Å²) in [5, 5.41) is 2.93. The Bertz CT molecular complexity index is 869. The highest BCUT2D eigenvalue weighted by Crippen LogP contribution is 2.17. The van der Waals surface area contributed by atoms with Crippen LogP contribution in [0.1, 0.15) is 28.8 Å². The molecule has 3 aromatic rings. The van der Waals surface area contributed by atoms with Gasteiger partial charge in [0.2, 0.25) is 0 Å². The van der Waals surface area contributed by atoms with Crippen molar-refractivity contribution in [3.8, 4) is 5.82 Å². The molecule has 132 valence electrons.